The number of aromatic nitrogens is 4. The van der Waals surface area contributed by atoms with Crippen LogP contribution >= 0.6 is 11.6 Å². The van der Waals surface area contributed by atoms with E-state index in [2.05, 4.69) is 34.2 Å². The predicted octanol–water partition coefficient (Wildman–Crippen LogP) is 2.24. The Balaban J connectivity index is 1.82. The average molecular weight is 252 g/mol. The van der Waals surface area contributed by atoms with Crippen LogP contribution in [0.1, 0.15) is 20.3 Å². The second-order valence-electron chi connectivity index (χ2n) is 5.21. The van der Waals surface area contributed by atoms with Gasteiger partial charge in [-0.05, 0) is 17.8 Å². The Hall–Kier alpha value is -1.36. The molecule has 3 rings (SSSR count). The van der Waals surface area contributed by atoms with Gasteiger partial charge in [-0.1, -0.05) is 25.4 Å². The molecule has 2 aromatic heterocycles. The Labute approximate surface area is 104 Å². The molecule has 0 aromatic carbocycles. The van der Waals surface area contributed by atoms with Crippen molar-refractivity contribution in [1.82, 2.24) is 19.6 Å². The van der Waals surface area contributed by atoms with Crippen molar-refractivity contribution in [2.24, 2.45) is 11.3 Å². The Morgan fingerprint density at radius 1 is 1.59 bits per heavy atom. The fraction of sp³-hybridized carbons (Fsp3) is 0.545. The number of nitrogens with zero attached hydrogens (tertiary/aromatic N) is 4. The van der Waals surface area contributed by atoms with Crippen LogP contribution in [0.5, 0.6) is 0 Å². The van der Waals surface area contributed by atoms with E-state index in [0.717, 1.165) is 12.4 Å². The quantitative estimate of drug-likeness (QED) is 0.850. The minimum absolute atomic E-state index is 0.433. The van der Waals surface area contributed by atoms with Gasteiger partial charge in [-0.15, -0.1) is 0 Å². The van der Waals surface area contributed by atoms with Gasteiger partial charge < -0.3 is 5.32 Å². The minimum Gasteiger partial charge on any atom is -0.370 e. The molecule has 0 spiro atoms. The molecule has 0 bridgehead atoms. The number of hydrogen-bond donors (Lipinski definition) is 1. The maximum atomic E-state index is 5.94. The Morgan fingerprint density at radius 2 is 2.35 bits per heavy atom. The molecule has 1 saturated carbocycles. The van der Waals surface area contributed by atoms with Gasteiger partial charge in [0.1, 0.15) is 17.3 Å². The first-order valence-electron chi connectivity index (χ1n) is 5.66. The van der Waals surface area contributed by atoms with Gasteiger partial charge in [0.2, 0.25) is 0 Å². The summed E-state index contributed by atoms with van der Waals surface area (Å²) in [5.41, 5.74) is 0.464. The number of nitrogens with one attached hydrogen (secondary N) is 1. The van der Waals surface area contributed by atoms with Crippen LogP contribution in [-0.4, -0.2) is 26.1 Å². The maximum absolute atomic E-state index is 5.94. The van der Waals surface area contributed by atoms with Crippen molar-refractivity contribution in [2.45, 2.75) is 20.3 Å². The summed E-state index contributed by atoms with van der Waals surface area (Å²) in [6.45, 7) is 5.50. The molecule has 1 atom stereocenters. The van der Waals surface area contributed by atoms with E-state index in [1.54, 1.807) is 10.6 Å². The van der Waals surface area contributed by atoms with E-state index in [1.165, 1.54) is 12.7 Å². The van der Waals surface area contributed by atoms with Crippen LogP contribution in [0.4, 0.5) is 5.82 Å². The summed E-state index contributed by atoms with van der Waals surface area (Å²) in [4.78, 5) is 8.11. The molecule has 0 radical (unpaired) electrons. The topological polar surface area (TPSA) is 55.1 Å². The molecule has 0 amide bonds. The van der Waals surface area contributed by atoms with Crippen molar-refractivity contribution in [2.75, 3.05) is 11.9 Å². The SMILES string of the molecule is CC1(C)CC1CNc1cc(Cl)nc2ncnn12. The summed E-state index contributed by atoms with van der Waals surface area (Å²) in [6.07, 6.45) is 2.74. The molecule has 1 aliphatic rings. The standard InChI is InChI=1S/C11H14ClN5/c1-11(2)4-7(11)5-13-9-3-8(12)16-10-14-6-15-17(9)10/h3,6-7,13H,4-5H2,1-2H3. The number of hydrogen-bond acceptors (Lipinski definition) is 4. The lowest BCUT2D eigenvalue weighted by atomic mass is 10.1. The van der Waals surface area contributed by atoms with Crippen LogP contribution in [0, 0.1) is 11.3 Å². The van der Waals surface area contributed by atoms with E-state index >= 15 is 0 Å². The van der Waals surface area contributed by atoms with Gasteiger partial charge in [-0.2, -0.15) is 19.6 Å². The molecule has 5 nitrogen and oxygen atoms in total. The van der Waals surface area contributed by atoms with E-state index in [1.807, 2.05) is 0 Å². The molecule has 17 heavy (non-hydrogen) atoms. The first-order valence-corrected chi connectivity index (χ1v) is 6.04. The molecular formula is C11H14ClN5. The van der Waals surface area contributed by atoms with Crippen LogP contribution < -0.4 is 5.32 Å². The van der Waals surface area contributed by atoms with Crippen molar-refractivity contribution >= 4 is 23.2 Å². The summed E-state index contributed by atoms with van der Waals surface area (Å²) < 4.78 is 1.67. The van der Waals surface area contributed by atoms with Crippen LogP contribution in [-0.2, 0) is 0 Å². The maximum Gasteiger partial charge on any atom is 0.255 e. The molecule has 1 N–H and O–H groups in total. The summed E-state index contributed by atoms with van der Waals surface area (Å²) in [7, 11) is 0. The van der Waals surface area contributed by atoms with Crippen molar-refractivity contribution in [3.05, 3.63) is 17.5 Å². The highest BCUT2D eigenvalue weighted by atomic mass is 35.5. The van der Waals surface area contributed by atoms with Gasteiger partial charge >= 0.3 is 0 Å². The van der Waals surface area contributed by atoms with Gasteiger partial charge in [-0.3, -0.25) is 0 Å². The van der Waals surface area contributed by atoms with Crippen LogP contribution in [0.15, 0.2) is 12.4 Å². The highest BCUT2D eigenvalue weighted by molar-refractivity contribution is 6.29. The number of rotatable bonds is 3. The first kappa shape index (κ1) is 10.8. The Kier molecular flexibility index (Phi) is 2.26. The van der Waals surface area contributed by atoms with Gasteiger partial charge in [0.15, 0.2) is 0 Å². The molecule has 1 aliphatic carbocycles. The molecular weight excluding hydrogens is 238 g/mol. The number of halogens is 1. The minimum atomic E-state index is 0.433. The third kappa shape index (κ3) is 1.95. The molecule has 1 unspecified atom stereocenters. The lowest BCUT2D eigenvalue weighted by Gasteiger charge is -2.08. The molecule has 6 heteroatoms. The fourth-order valence-corrected chi connectivity index (χ4v) is 2.24. The van der Waals surface area contributed by atoms with Gasteiger partial charge in [0.25, 0.3) is 5.78 Å². The molecule has 90 valence electrons. The molecule has 0 saturated heterocycles. The van der Waals surface area contributed by atoms with E-state index in [-0.39, 0.29) is 0 Å². The second kappa shape index (κ2) is 3.57. The molecule has 1 fully saturated rings. The summed E-state index contributed by atoms with van der Waals surface area (Å²) in [6, 6.07) is 1.78. The van der Waals surface area contributed by atoms with E-state index in [9.17, 15) is 0 Å². The monoisotopic (exact) mass is 251 g/mol. The smallest absolute Gasteiger partial charge is 0.255 e. The van der Waals surface area contributed by atoms with E-state index in [0.29, 0.717) is 22.3 Å². The lowest BCUT2D eigenvalue weighted by Crippen LogP contribution is -2.11. The van der Waals surface area contributed by atoms with E-state index < -0.39 is 0 Å². The predicted molar refractivity (Wildman–Crippen MR) is 66.2 cm³/mol. The zero-order chi connectivity index (χ0) is 12.0. The zero-order valence-corrected chi connectivity index (χ0v) is 10.6. The van der Waals surface area contributed by atoms with Crippen molar-refractivity contribution in [3.63, 3.8) is 0 Å². The zero-order valence-electron chi connectivity index (χ0n) is 9.81. The average Bonchev–Trinajstić information content (AvgIpc) is 2.69. The number of fused-ring (bicyclic) bond motifs is 1. The fourth-order valence-electron chi connectivity index (χ4n) is 2.06. The summed E-state index contributed by atoms with van der Waals surface area (Å²) in [5, 5.41) is 7.92. The largest absolute Gasteiger partial charge is 0.370 e. The number of anilines is 1. The van der Waals surface area contributed by atoms with Crippen molar-refractivity contribution in [3.8, 4) is 0 Å². The van der Waals surface area contributed by atoms with Crippen molar-refractivity contribution < 1.29 is 0 Å². The Morgan fingerprint density at radius 3 is 3.06 bits per heavy atom. The van der Waals surface area contributed by atoms with Crippen LogP contribution in [0.3, 0.4) is 0 Å². The summed E-state index contributed by atoms with van der Waals surface area (Å²) >= 11 is 5.94. The highest BCUT2D eigenvalue weighted by Gasteiger charge is 2.45. The van der Waals surface area contributed by atoms with Gasteiger partial charge in [0.05, 0.1) is 0 Å². The Bertz CT molecular complexity index is 562. The van der Waals surface area contributed by atoms with Crippen LogP contribution in [0.2, 0.25) is 5.15 Å². The lowest BCUT2D eigenvalue weighted by molar-refractivity contribution is 0.572. The molecule has 2 aromatic rings. The first-order chi connectivity index (χ1) is 8.06. The van der Waals surface area contributed by atoms with Crippen molar-refractivity contribution in [1.29, 1.82) is 0 Å². The van der Waals surface area contributed by atoms with Crippen LogP contribution in [0.25, 0.3) is 5.78 Å². The highest BCUT2D eigenvalue weighted by Crippen LogP contribution is 2.51. The molecule has 0 aliphatic heterocycles. The normalized spacial score (nSPS) is 21.7. The van der Waals surface area contributed by atoms with E-state index in [4.69, 9.17) is 11.6 Å². The third-order valence-corrected chi connectivity index (χ3v) is 3.66. The second-order valence-corrected chi connectivity index (χ2v) is 5.59. The van der Waals surface area contributed by atoms with Gasteiger partial charge in [-0.25, -0.2) is 0 Å². The van der Waals surface area contributed by atoms with Gasteiger partial charge in [0, 0.05) is 12.6 Å². The summed E-state index contributed by atoms with van der Waals surface area (Å²) in [5.74, 6) is 2.09. The molecule has 2 heterocycles. The third-order valence-electron chi connectivity index (χ3n) is 3.47.